The predicted octanol–water partition coefficient (Wildman–Crippen LogP) is 2.71. The minimum Gasteiger partial charge on any atom is -0.456 e. The van der Waals surface area contributed by atoms with E-state index < -0.39 is 0 Å². The molecule has 0 radical (unpaired) electrons. The highest BCUT2D eigenvalue weighted by Gasteiger charge is 2.16. The van der Waals surface area contributed by atoms with Crippen molar-refractivity contribution in [3.05, 3.63) is 47.3 Å². The molecule has 0 aliphatic rings. The Morgan fingerprint density at radius 2 is 1.92 bits per heavy atom. The van der Waals surface area contributed by atoms with E-state index in [2.05, 4.69) is 10.4 Å². The summed E-state index contributed by atoms with van der Waals surface area (Å²) in [7, 11) is 1.81. The second-order valence-corrected chi connectivity index (χ2v) is 5.89. The molecule has 0 bridgehead atoms. The molecule has 0 unspecified atom stereocenters. The van der Waals surface area contributed by atoms with Gasteiger partial charge in [0.05, 0.1) is 23.5 Å². The number of nitrogens with one attached hydrogen (secondary N) is 1. The molecule has 0 spiro atoms. The lowest BCUT2D eigenvalue weighted by Gasteiger charge is -2.11. The van der Waals surface area contributed by atoms with Crippen LogP contribution in [0, 0.1) is 13.8 Å². The van der Waals surface area contributed by atoms with Crippen LogP contribution < -0.4 is 5.32 Å². The molecule has 1 aromatic carbocycles. The number of carbonyl (C=O) groups excluding carboxylic acids is 2. The normalized spacial score (nSPS) is 11.8. The number of amides is 1. The van der Waals surface area contributed by atoms with Gasteiger partial charge in [-0.1, -0.05) is 37.3 Å². The van der Waals surface area contributed by atoms with E-state index in [-0.39, 0.29) is 30.8 Å². The van der Waals surface area contributed by atoms with Crippen LogP contribution in [0.15, 0.2) is 30.3 Å². The maximum atomic E-state index is 12.0. The summed E-state index contributed by atoms with van der Waals surface area (Å²) in [4.78, 5) is 23.9. The van der Waals surface area contributed by atoms with Crippen molar-refractivity contribution in [2.75, 3.05) is 11.9 Å². The highest BCUT2D eigenvalue weighted by atomic mass is 16.5. The molecule has 1 aromatic heterocycles. The first kappa shape index (κ1) is 17.7. The number of aromatic nitrogens is 2. The van der Waals surface area contributed by atoms with Crippen molar-refractivity contribution in [2.45, 2.75) is 33.1 Å². The van der Waals surface area contributed by atoms with Crippen LogP contribution in [0.3, 0.4) is 0 Å². The van der Waals surface area contributed by atoms with Gasteiger partial charge in [-0.2, -0.15) is 5.10 Å². The van der Waals surface area contributed by atoms with Gasteiger partial charge in [0.1, 0.15) is 0 Å². The number of nitrogens with zero attached hydrogens (tertiary/aromatic N) is 2. The molecule has 0 saturated heterocycles. The Kier molecular flexibility index (Phi) is 5.73. The summed E-state index contributed by atoms with van der Waals surface area (Å²) in [5.74, 6) is -0.708. The van der Waals surface area contributed by atoms with Crippen LogP contribution in [0.25, 0.3) is 0 Å². The lowest BCUT2D eigenvalue weighted by atomic mass is 9.98. The molecule has 0 aliphatic carbocycles. The minimum absolute atomic E-state index is 0.0459. The third kappa shape index (κ3) is 4.44. The lowest BCUT2D eigenvalue weighted by Crippen LogP contribution is -2.22. The summed E-state index contributed by atoms with van der Waals surface area (Å²) < 4.78 is 6.77. The van der Waals surface area contributed by atoms with E-state index in [0.29, 0.717) is 5.69 Å². The van der Waals surface area contributed by atoms with E-state index in [9.17, 15) is 9.59 Å². The largest absolute Gasteiger partial charge is 0.456 e. The molecule has 6 heteroatoms. The number of anilines is 1. The molecule has 2 aromatic rings. The number of esters is 1. The molecule has 1 N–H and O–H groups in total. The molecule has 0 fully saturated rings. The van der Waals surface area contributed by atoms with E-state index >= 15 is 0 Å². The molecule has 2 rings (SSSR count). The highest BCUT2D eigenvalue weighted by Crippen LogP contribution is 2.19. The summed E-state index contributed by atoms with van der Waals surface area (Å²) in [6.45, 7) is 5.34. The van der Waals surface area contributed by atoms with Gasteiger partial charge in [-0.3, -0.25) is 14.3 Å². The first-order chi connectivity index (χ1) is 11.4. The van der Waals surface area contributed by atoms with Crippen molar-refractivity contribution in [1.29, 1.82) is 0 Å². The molecule has 0 saturated carbocycles. The number of hydrogen-bond acceptors (Lipinski definition) is 4. The number of rotatable bonds is 6. The highest BCUT2D eigenvalue weighted by molar-refractivity contribution is 5.93. The Hall–Kier alpha value is -2.63. The zero-order chi connectivity index (χ0) is 17.7. The van der Waals surface area contributed by atoms with E-state index in [1.54, 1.807) is 4.68 Å². The quantitative estimate of drug-likeness (QED) is 0.827. The van der Waals surface area contributed by atoms with Crippen LogP contribution in [-0.4, -0.2) is 28.3 Å². The topological polar surface area (TPSA) is 73.2 Å². The third-order valence-electron chi connectivity index (χ3n) is 3.98. The van der Waals surface area contributed by atoms with Crippen molar-refractivity contribution in [2.24, 2.45) is 7.05 Å². The van der Waals surface area contributed by atoms with Gasteiger partial charge in [-0.05, 0) is 25.3 Å². The van der Waals surface area contributed by atoms with Crippen molar-refractivity contribution >= 4 is 17.6 Å². The molecule has 128 valence electrons. The second kappa shape index (κ2) is 7.77. The number of hydrogen-bond donors (Lipinski definition) is 1. The Labute approximate surface area is 141 Å². The summed E-state index contributed by atoms with van der Waals surface area (Å²) >= 11 is 0. The van der Waals surface area contributed by atoms with Gasteiger partial charge in [-0.15, -0.1) is 0 Å². The summed E-state index contributed by atoms with van der Waals surface area (Å²) in [5.41, 5.74) is 3.31. The lowest BCUT2D eigenvalue weighted by molar-refractivity contribution is -0.147. The number of ether oxygens (including phenoxy) is 1. The Bertz CT molecular complexity index is 723. The van der Waals surface area contributed by atoms with Crippen LogP contribution in [0.5, 0.6) is 0 Å². The molecule has 0 aliphatic heterocycles. The maximum Gasteiger partial charge on any atom is 0.306 e. The van der Waals surface area contributed by atoms with Gasteiger partial charge in [0.2, 0.25) is 0 Å². The predicted molar refractivity (Wildman–Crippen MR) is 91.7 cm³/mol. The van der Waals surface area contributed by atoms with Gasteiger partial charge >= 0.3 is 5.97 Å². The van der Waals surface area contributed by atoms with Crippen LogP contribution in [0.1, 0.15) is 36.2 Å². The first-order valence-corrected chi connectivity index (χ1v) is 7.89. The van der Waals surface area contributed by atoms with Crippen molar-refractivity contribution in [1.82, 2.24) is 9.78 Å². The van der Waals surface area contributed by atoms with Crippen molar-refractivity contribution < 1.29 is 14.3 Å². The third-order valence-corrected chi connectivity index (χ3v) is 3.98. The van der Waals surface area contributed by atoms with E-state index in [0.717, 1.165) is 17.0 Å². The Balaban J connectivity index is 1.82. The molecule has 1 amide bonds. The van der Waals surface area contributed by atoms with E-state index in [1.807, 2.05) is 58.2 Å². The molecule has 24 heavy (non-hydrogen) atoms. The smallest absolute Gasteiger partial charge is 0.306 e. The minimum atomic E-state index is -0.388. The van der Waals surface area contributed by atoms with Crippen LogP contribution in [-0.2, 0) is 21.4 Å². The summed E-state index contributed by atoms with van der Waals surface area (Å²) in [5, 5.41) is 6.97. The average Bonchev–Trinajstić information content (AvgIpc) is 2.80. The van der Waals surface area contributed by atoms with E-state index in [4.69, 9.17) is 4.74 Å². The first-order valence-electron chi connectivity index (χ1n) is 7.89. The Morgan fingerprint density at radius 1 is 1.25 bits per heavy atom. The van der Waals surface area contributed by atoms with Crippen LogP contribution >= 0.6 is 0 Å². The van der Waals surface area contributed by atoms with Gasteiger partial charge in [0.15, 0.2) is 6.61 Å². The Morgan fingerprint density at radius 3 is 2.50 bits per heavy atom. The molecule has 1 atom stereocenters. The fourth-order valence-corrected chi connectivity index (χ4v) is 2.48. The zero-order valence-corrected chi connectivity index (χ0v) is 14.5. The van der Waals surface area contributed by atoms with Gasteiger partial charge in [-0.25, -0.2) is 0 Å². The van der Waals surface area contributed by atoms with Gasteiger partial charge in [0.25, 0.3) is 5.91 Å². The fraction of sp³-hybridized carbons (Fsp3) is 0.389. The number of benzene rings is 1. The van der Waals surface area contributed by atoms with Crippen LogP contribution in [0.4, 0.5) is 5.69 Å². The SMILES string of the molecule is Cc1nn(C)c(C)c1NC(=O)COC(=O)C[C@H](C)c1ccccc1. The standard InChI is InChI=1S/C18H23N3O3/c1-12(15-8-6-5-7-9-15)10-17(23)24-11-16(22)19-18-13(2)20-21(4)14(18)3/h5-9,12H,10-11H2,1-4H3,(H,19,22)/t12-/m0/s1. The van der Waals surface area contributed by atoms with Gasteiger partial charge in [0, 0.05) is 7.05 Å². The number of carbonyl (C=O) groups is 2. The zero-order valence-electron chi connectivity index (χ0n) is 14.5. The average molecular weight is 329 g/mol. The summed E-state index contributed by atoms with van der Waals surface area (Å²) in [6.07, 6.45) is 0.238. The molecule has 6 nitrogen and oxygen atoms in total. The number of aryl methyl sites for hydroxylation is 2. The second-order valence-electron chi connectivity index (χ2n) is 5.89. The fourth-order valence-electron chi connectivity index (χ4n) is 2.48. The van der Waals surface area contributed by atoms with E-state index in [1.165, 1.54) is 0 Å². The van der Waals surface area contributed by atoms with Gasteiger partial charge < -0.3 is 10.1 Å². The molecule has 1 heterocycles. The van der Waals surface area contributed by atoms with Crippen molar-refractivity contribution in [3.8, 4) is 0 Å². The molecular formula is C18H23N3O3. The maximum absolute atomic E-state index is 12.0. The molecular weight excluding hydrogens is 306 g/mol. The van der Waals surface area contributed by atoms with Crippen LogP contribution in [0.2, 0.25) is 0 Å². The monoisotopic (exact) mass is 329 g/mol. The summed E-state index contributed by atoms with van der Waals surface area (Å²) in [6, 6.07) is 9.74. The van der Waals surface area contributed by atoms with Crippen molar-refractivity contribution in [3.63, 3.8) is 0 Å².